The Morgan fingerprint density at radius 2 is 2.10 bits per heavy atom. The third-order valence-corrected chi connectivity index (χ3v) is 3.40. The summed E-state index contributed by atoms with van der Waals surface area (Å²) in [6, 6.07) is 4.40. The average Bonchev–Trinajstić information content (AvgIpc) is 2.46. The van der Waals surface area contributed by atoms with E-state index in [0.717, 1.165) is 50.6 Å². The first kappa shape index (κ1) is 17.9. The van der Waals surface area contributed by atoms with Crippen LogP contribution in [0.3, 0.4) is 0 Å². The molecule has 21 heavy (non-hydrogen) atoms. The maximum absolute atomic E-state index is 5.12. The SMILES string of the molecule is CCc1cc(CNCC(C)C)cc(N(C)CCCOC)n1. The van der Waals surface area contributed by atoms with E-state index < -0.39 is 0 Å². The van der Waals surface area contributed by atoms with Crippen molar-refractivity contribution in [3.05, 3.63) is 23.4 Å². The highest BCUT2D eigenvalue weighted by Gasteiger charge is 2.07. The van der Waals surface area contributed by atoms with Crippen LogP contribution in [0.1, 0.15) is 38.4 Å². The molecule has 1 N–H and O–H groups in total. The van der Waals surface area contributed by atoms with Gasteiger partial charge in [0.1, 0.15) is 5.82 Å². The van der Waals surface area contributed by atoms with Crippen LogP contribution in [-0.2, 0) is 17.7 Å². The number of rotatable bonds is 10. The molecule has 0 spiro atoms. The second-order valence-corrected chi connectivity index (χ2v) is 5.97. The van der Waals surface area contributed by atoms with Crippen LogP contribution < -0.4 is 10.2 Å². The van der Waals surface area contributed by atoms with Gasteiger partial charge in [0.2, 0.25) is 0 Å². The lowest BCUT2D eigenvalue weighted by Gasteiger charge is -2.20. The molecule has 1 heterocycles. The fraction of sp³-hybridized carbons (Fsp3) is 0.706. The smallest absolute Gasteiger partial charge is 0.128 e. The first-order chi connectivity index (χ1) is 10.1. The van der Waals surface area contributed by atoms with Gasteiger partial charge in [0, 0.05) is 39.5 Å². The summed E-state index contributed by atoms with van der Waals surface area (Å²) in [6.07, 6.45) is 1.99. The van der Waals surface area contributed by atoms with Gasteiger partial charge < -0.3 is 15.0 Å². The van der Waals surface area contributed by atoms with Crippen molar-refractivity contribution in [2.24, 2.45) is 5.92 Å². The molecule has 0 aromatic carbocycles. The molecule has 1 aromatic heterocycles. The van der Waals surface area contributed by atoms with Crippen molar-refractivity contribution >= 4 is 5.82 Å². The summed E-state index contributed by atoms with van der Waals surface area (Å²) in [7, 11) is 3.84. The Kier molecular flexibility index (Phi) is 8.31. The summed E-state index contributed by atoms with van der Waals surface area (Å²) in [6.45, 7) is 10.3. The minimum atomic E-state index is 0.675. The first-order valence-corrected chi connectivity index (χ1v) is 7.97. The van der Waals surface area contributed by atoms with Gasteiger partial charge in [-0.1, -0.05) is 20.8 Å². The van der Waals surface area contributed by atoms with Gasteiger partial charge in [0.25, 0.3) is 0 Å². The van der Waals surface area contributed by atoms with Crippen molar-refractivity contribution in [2.75, 3.05) is 38.8 Å². The van der Waals surface area contributed by atoms with Gasteiger partial charge in [-0.15, -0.1) is 0 Å². The van der Waals surface area contributed by atoms with E-state index in [4.69, 9.17) is 9.72 Å². The number of nitrogens with zero attached hydrogens (tertiary/aromatic N) is 2. The van der Waals surface area contributed by atoms with Crippen LogP contribution in [0.2, 0.25) is 0 Å². The van der Waals surface area contributed by atoms with E-state index in [1.165, 1.54) is 5.56 Å². The number of nitrogens with one attached hydrogen (secondary N) is 1. The molecule has 0 fully saturated rings. The molecule has 0 saturated carbocycles. The van der Waals surface area contributed by atoms with E-state index in [2.05, 4.69) is 50.2 Å². The second kappa shape index (κ2) is 9.74. The largest absolute Gasteiger partial charge is 0.385 e. The zero-order valence-corrected chi connectivity index (χ0v) is 14.3. The van der Waals surface area contributed by atoms with Crippen LogP contribution in [0, 0.1) is 5.92 Å². The van der Waals surface area contributed by atoms with Crippen LogP contribution in [0.25, 0.3) is 0 Å². The quantitative estimate of drug-likeness (QED) is 0.673. The Morgan fingerprint density at radius 1 is 1.33 bits per heavy atom. The Bertz CT molecular complexity index is 407. The fourth-order valence-corrected chi connectivity index (χ4v) is 2.18. The highest BCUT2D eigenvalue weighted by Crippen LogP contribution is 2.15. The van der Waals surface area contributed by atoms with Crippen molar-refractivity contribution in [3.63, 3.8) is 0 Å². The molecule has 0 radical (unpaired) electrons. The Hall–Kier alpha value is -1.13. The number of anilines is 1. The predicted molar refractivity (Wildman–Crippen MR) is 89.9 cm³/mol. The number of hydrogen-bond donors (Lipinski definition) is 1. The number of aromatic nitrogens is 1. The first-order valence-electron chi connectivity index (χ1n) is 7.97. The molecule has 0 bridgehead atoms. The molecule has 0 atom stereocenters. The highest BCUT2D eigenvalue weighted by atomic mass is 16.5. The van der Waals surface area contributed by atoms with E-state index in [1.807, 2.05) is 0 Å². The lowest BCUT2D eigenvalue weighted by molar-refractivity contribution is 0.196. The molecule has 0 aliphatic heterocycles. The molecule has 0 amide bonds. The Balaban J connectivity index is 2.69. The normalized spacial score (nSPS) is 11.1. The molecular formula is C17H31N3O. The van der Waals surface area contributed by atoms with Gasteiger partial charge in [-0.25, -0.2) is 4.98 Å². The zero-order chi connectivity index (χ0) is 15.7. The van der Waals surface area contributed by atoms with Crippen molar-refractivity contribution in [1.82, 2.24) is 10.3 Å². The summed E-state index contributed by atoms with van der Waals surface area (Å²) in [5.74, 6) is 1.74. The fourth-order valence-electron chi connectivity index (χ4n) is 2.18. The summed E-state index contributed by atoms with van der Waals surface area (Å²) in [5.41, 5.74) is 2.48. The van der Waals surface area contributed by atoms with Crippen molar-refractivity contribution < 1.29 is 4.74 Å². The van der Waals surface area contributed by atoms with Gasteiger partial charge in [-0.3, -0.25) is 0 Å². The average molecular weight is 293 g/mol. The summed E-state index contributed by atoms with van der Waals surface area (Å²) in [4.78, 5) is 6.94. The van der Waals surface area contributed by atoms with Crippen LogP contribution in [0.5, 0.6) is 0 Å². The molecule has 1 rings (SSSR count). The van der Waals surface area contributed by atoms with Gasteiger partial charge in [-0.05, 0) is 43.0 Å². The molecule has 0 saturated heterocycles. The van der Waals surface area contributed by atoms with E-state index in [0.29, 0.717) is 5.92 Å². The van der Waals surface area contributed by atoms with Crippen LogP contribution in [0.15, 0.2) is 12.1 Å². The number of ether oxygens (including phenoxy) is 1. The van der Waals surface area contributed by atoms with Crippen LogP contribution >= 0.6 is 0 Å². The molecule has 4 heteroatoms. The lowest BCUT2D eigenvalue weighted by atomic mass is 10.1. The molecule has 0 aliphatic rings. The van der Waals surface area contributed by atoms with Crippen molar-refractivity contribution in [2.45, 2.75) is 40.2 Å². The van der Waals surface area contributed by atoms with E-state index in [-0.39, 0.29) is 0 Å². The number of methoxy groups -OCH3 is 1. The minimum absolute atomic E-state index is 0.675. The molecule has 1 aromatic rings. The highest BCUT2D eigenvalue weighted by molar-refractivity contribution is 5.42. The molecule has 4 nitrogen and oxygen atoms in total. The third-order valence-electron chi connectivity index (χ3n) is 3.40. The van der Waals surface area contributed by atoms with Crippen molar-refractivity contribution in [3.8, 4) is 0 Å². The van der Waals surface area contributed by atoms with E-state index >= 15 is 0 Å². The maximum Gasteiger partial charge on any atom is 0.128 e. The predicted octanol–water partition coefficient (Wildman–Crippen LogP) is 2.86. The number of aryl methyl sites for hydroxylation is 1. The van der Waals surface area contributed by atoms with Gasteiger partial charge >= 0.3 is 0 Å². The maximum atomic E-state index is 5.12. The molecule has 0 unspecified atom stereocenters. The van der Waals surface area contributed by atoms with Crippen LogP contribution in [-0.4, -0.2) is 38.8 Å². The van der Waals surface area contributed by atoms with Crippen LogP contribution in [0.4, 0.5) is 5.82 Å². The third kappa shape index (κ3) is 6.91. The van der Waals surface area contributed by atoms with Crippen molar-refractivity contribution in [1.29, 1.82) is 0 Å². The van der Waals surface area contributed by atoms with E-state index in [9.17, 15) is 0 Å². The summed E-state index contributed by atoms with van der Waals surface area (Å²) >= 11 is 0. The Labute approximate surface area is 129 Å². The molecular weight excluding hydrogens is 262 g/mol. The standard InChI is InChI=1S/C17H31N3O/c1-6-16-10-15(13-18-12-14(2)3)11-17(19-16)20(4)8-7-9-21-5/h10-11,14,18H,6-9,12-13H2,1-5H3. The second-order valence-electron chi connectivity index (χ2n) is 5.97. The summed E-state index contributed by atoms with van der Waals surface area (Å²) in [5, 5.41) is 3.50. The Morgan fingerprint density at radius 3 is 2.71 bits per heavy atom. The number of pyridine rings is 1. The minimum Gasteiger partial charge on any atom is -0.385 e. The monoisotopic (exact) mass is 293 g/mol. The topological polar surface area (TPSA) is 37.4 Å². The zero-order valence-electron chi connectivity index (χ0n) is 14.3. The number of hydrogen-bond acceptors (Lipinski definition) is 4. The van der Waals surface area contributed by atoms with E-state index in [1.54, 1.807) is 7.11 Å². The van der Waals surface area contributed by atoms with Gasteiger partial charge in [-0.2, -0.15) is 0 Å². The summed E-state index contributed by atoms with van der Waals surface area (Å²) < 4.78 is 5.12. The molecule has 0 aliphatic carbocycles. The van der Waals surface area contributed by atoms with Gasteiger partial charge in [0.05, 0.1) is 0 Å². The lowest BCUT2D eigenvalue weighted by Crippen LogP contribution is -2.23. The molecule has 120 valence electrons. The van der Waals surface area contributed by atoms with Gasteiger partial charge in [0.15, 0.2) is 0 Å².